The summed E-state index contributed by atoms with van der Waals surface area (Å²) in [6.07, 6.45) is 4.50. The fourth-order valence-electron chi connectivity index (χ4n) is 4.33. The van der Waals surface area contributed by atoms with Crippen LogP contribution in [0, 0.1) is 0 Å². The van der Waals surface area contributed by atoms with Crippen molar-refractivity contribution < 1.29 is 9.59 Å². The third-order valence-corrected chi connectivity index (χ3v) is 6.24. The van der Waals surface area contributed by atoms with Crippen LogP contribution in [-0.4, -0.2) is 51.2 Å². The van der Waals surface area contributed by atoms with E-state index in [0.29, 0.717) is 19.0 Å². The standard InChI is InChI=1S/C23H28N4O2/c1-16(18-6-4-3-5-7-18)23(29)27-13-10-21-20(15-27)14-24-22(25-21)19-8-11-26(12-9-19)17(2)28/h3-7,14,16,19H,8-13,15H2,1-2H3. The number of amides is 2. The van der Waals surface area contributed by atoms with E-state index in [9.17, 15) is 9.59 Å². The molecule has 1 aromatic carbocycles. The molecule has 0 aliphatic carbocycles. The summed E-state index contributed by atoms with van der Waals surface area (Å²) < 4.78 is 0. The van der Waals surface area contributed by atoms with E-state index in [-0.39, 0.29) is 17.7 Å². The Morgan fingerprint density at radius 1 is 1.07 bits per heavy atom. The highest BCUT2D eigenvalue weighted by Gasteiger charge is 2.28. The van der Waals surface area contributed by atoms with Crippen molar-refractivity contribution >= 4 is 11.8 Å². The lowest BCUT2D eigenvalue weighted by Gasteiger charge is -2.32. The Morgan fingerprint density at radius 2 is 1.79 bits per heavy atom. The summed E-state index contributed by atoms with van der Waals surface area (Å²) in [4.78, 5) is 37.8. The molecule has 0 bridgehead atoms. The van der Waals surface area contributed by atoms with Crippen molar-refractivity contribution in [2.75, 3.05) is 19.6 Å². The molecule has 0 spiro atoms. The first-order valence-electron chi connectivity index (χ1n) is 10.5. The maximum atomic E-state index is 13.0. The van der Waals surface area contributed by atoms with Gasteiger partial charge in [0.15, 0.2) is 0 Å². The average molecular weight is 393 g/mol. The van der Waals surface area contributed by atoms with Gasteiger partial charge >= 0.3 is 0 Å². The molecule has 2 aliphatic heterocycles. The Bertz CT molecular complexity index is 891. The minimum atomic E-state index is -0.149. The predicted octanol–water partition coefficient (Wildman–Crippen LogP) is 2.89. The predicted molar refractivity (Wildman–Crippen MR) is 110 cm³/mol. The lowest BCUT2D eigenvalue weighted by molar-refractivity contribution is -0.133. The Labute approximate surface area is 172 Å². The van der Waals surface area contributed by atoms with E-state index in [2.05, 4.69) is 4.98 Å². The molecule has 6 heteroatoms. The van der Waals surface area contributed by atoms with Gasteiger partial charge in [0.05, 0.1) is 11.6 Å². The molecule has 152 valence electrons. The van der Waals surface area contributed by atoms with E-state index in [4.69, 9.17) is 4.98 Å². The SMILES string of the molecule is CC(=O)N1CCC(c2ncc3c(n2)CCN(C(=O)C(C)c2ccccc2)C3)CC1. The fourth-order valence-corrected chi connectivity index (χ4v) is 4.33. The van der Waals surface area contributed by atoms with Crippen LogP contribution in [0.15, 0.2) is 36.5 Å². The lowest BCUT2D eigenvalue weighted by atomic mass is 9.95. The van der Waals surface area contributed by atoms with Gasteiger partial charge in [0, 0.05) is 57.2 Å². The normalized spacial score (nSPS) is 18.3. The van der Waals surface area contributed by atoms with Crippen LogP contribution in [0.2, 0.25) is 0 Å². The second-order valence-corrected chi connectivity index (χ2v) is 8.12. The van der Waals surface area contributed by atoms with Crippen LogP contribution in [0.4, 0.5) is 0 Å². The molecule has 2 aromatic rings. The van der Waals surface area contributed by atoms with Gasteiger partial charge in [-0.15, -0.1) is 0 Å². The quantitative estimate of drug-likeness (QED) is 0.806. The van der Waals surface area contributed by atoms with Crippen molar-refractivity contribution in [2.45, 2.75) is 51.5 Å². The first kappa shape index (κ1) is 19.6. The zero-order chi connectivity index (χ0) is 20.4. The molecule has 1 fully saturated rings. The van der Waals surface area contributed by atoms with Gasteiger partial charge in [-0.3, -0.25) is 9.59 Å². The summed E-state index contributed by atoms with van der Waals surface area (Å²) in [5.41, 5.74) is 3.17. The molecule has 4 rings (SSSR count). The number of piperidine rings is 1. The van der Waals surface area contributed by atoms with Gasteiger partial charge in [-0.2, -0.15) is 0 Å². The lowest BCUT2D eigenvalue weighted by Crippen LogP contribution is -2.39. The third kappa shape index (κ3) is 4.16. The summed E-state index contributed by atoms with van der Waals surface area (Å²) in [7, 11) is 0. The molecule has 0 saturated carbocycles. The van der Waals surface area contributed by atoms with Crippen molar-refractivity contribution in [3.8, 4) is 0 Å². The second kappa shape index (κ2) is 8.31. The van der Waals surface area contributed by atoms with Crippen LogP contribution in [0.25, 0.3) is 0 Å². The molecule has 3 heterocycles. The summed E-state index contributed by atoms with van der Waals surface area (Å²) in [6, 6.07) is 9.93. The largest absolute Gasteiger partial charge is 0.343 e. The number of carbonyl (C=O) groups excluding carboxylic acids is 2. The molecule has 29 heavy (non-hydrogen) atoms. The Morgan fingerprint density at radius 3 is 2.48 bits per heavy atom. The number of rotatable bonds is 3. The molecule has 0 radical (unpaired) electrons. The molecular formula is C23H28N4O2. The molecule has 1 unspecified atom stereocenters. The highest BCUT2D eigenvalue weighted by atomic mass is 16.2. The van der Waals surface area contributed by atoms with Gasteiger partial charge in [-0.25, -0.2) is 9.97 Å². The van der Waals surface area contributed by atoms with Crippen LogP contribution in [-0.2, 0) is 22.6 Å². The van der Waals surface area contributed by atoms with Gasteiger partial charge in [-0.1, -0.05) is 30.3 Å². The monoisotopic (exact) mass is 392 g/mol. The minimum Gasteiger partial charge on any atom is -0.343 e. The molecule has 1 atom stereocenters. The smallest absolute Gasteiger partial charge is 0.230 e. The van der Waals surface area contributed by atoms with Gasteiger partial charge in [-0.05, 0) is 25.3 Å². The van der Waals surface area contributed by atoms with Crippen molar-refractivity contribution in [1.82, 2.24) is 19.8 Å². The first-order valence-corrected chi connectivity index (χ1v) is 10.5. The van der Waals surface area contributed by atoms with Gasteiger partial charge in [0.2, 0.25) is 11.8 Å². The Balaban J connectivity index is 1.42. The molecule has 1 saturated heterocycles. The number of likely N-dealkylation sites (tertiary alicyclic amines) is 1. The van der Waals surface area contributed by atoms with Crippen molar-refractivity contribution in [2.24, 2.45) is 0 Å². The summed E-state index contributed by atoms with van der Waals surface area (Å²) in [5, 5.41) is 0. The molecule has 1 aromatic heterocycles. The number of benzene rings is 1. The van der Waals surface area contributed by atoms with E-state index >= 15 is 0 Å². The zero-order valence-corrected chi connectivity index (χ0v) is 17.2. The molecule has 0 N–H and O–H groups in total. The first-order chi connectivity index (χ1) is 14.0. The van der Waals surface area contributed by atoms with E-state index in [1.807, 2.05) is 53.3 Å². The van der Waals surface area contributed by atoms with E-state index < -0.39 is 0 Å². The van der Waals surface area contributed by atoms with Crippen LogP contribution in [0.1, 0.15) is 61.2 Å². The number of hydrogen-bond donors (Lipinski definition) is 0. The summed E-state index contributed by atoms with van der Waals surface area (Å²) >= 11 is 0. The highest BCUT2D eigenvalue weighted by molar-refractivity contribution is 5.83. The van der Waals surface area contributed by atoms with Gasteiger partial charge in [0.1, 0.15) is 5.82 Å². The zero-order valence-electron chi connectivity index (χ0n) is 17.2. The van der Waals surface area contributed by atoms with Crippen LogP contribution < -0.4 is 0 Å². The Hall–Kier alpha value is -2.76. The second-order valence-electron chi connectivity index (χ2n) is 8.12. The van der Waals surface area contributed by atoms with E-state index in [0.717, 1.165) is 55.0 Å². The molecule has 2 aliphatic rings. The van der Waals surface area contributed by atoms with Crippen molar-refractivity contribution in [3.05, 3.63) is 59.2 Å². The highest BCUT2D eigenvalue weighted by Crippen LogP contribution is 2.28. The number of nitrogens with zero attached hydrogens (tertiary/aromatic N) is 4. The van der Waals surface area contributed by atoms with Gasteiger partial charge < -0.3 is 9.80 Å². The topological polar surface area (TPSA) is 66.4 Å². The van der Waals surface area contributed by atoms with E-state index in [1.165, 1.54) is 0 Å². The molecule has 6 nitrogen and oxygen atoms in total. The minimum absolute atomic E-state index is 0.143. The average Bonchev–Trinajstić information content (AvgIpc) is 2.78. The van der Waals surface area contributed by atoms with Crippen LogP contribution >= 0.6 is 0 Å². The fraction of sp³-hybridized carbons (Fsp3) is 0.478. The van der Waals surface area contributed by atoms with Crippen molar-refractivity contribution in [3.63, 3.8) is 0 Å². The third-order valence-electron chi connectivity index (χ3n) is 6.24. The van der Waals surface area contributed by atoms with Crippen LogP contribution in [0.5, 0.6) is 0 Å². The molecular weight excluding hydrogens is 364 g/mol. The number of hydrogen-bond acceptors (Lipinski definition) is 4. The van der Waals surface area contributed by atoms with Crippen molar-refractivity contribution in [1.29, 1.82) is 0 Å². The molecule has 2 amide bonds. The van der Waals surface area contributed by atoms with E-state index in [1.54, 1.807) is 6.92 Å². The maximum Gasteiger partial charge on any atom is 0.230 e. The number of aromatic nitrogens is 2. The maximum absolute atomic E-state index is 13.0. The summed E-state index contributed by atoms with van der Waals surface area (Å²) in [5.74, 6) is 1.36. The Kier molecular flexibility index (Phi) is 5.60. The number of carbonyl (C=O) groups is 2. The number of fused-ring (bicyclic) bond motifs is 1. The van der Waals surface area contributed by atoms with Gasteiger partial charge in [0.25, 0.3) is 0 Å². The summed E-state index contributed by atoms with van der Waals surface area (Å²) in [6.45, 7) is 6.43. The van der Waals surface area contributed by atoms with Crippen LogP contribution in [0.3, 0.4) is 0 Å².